The molecule has 4 unspecified atom stereocenters. The molecule has 1 aromatic carbocycles. The van der Waals surface area contributed by atoms with Crippen molar-refractivity contribution >= 4 is 5.69 Å². The Morgan fingerprint density at radius 1 is 0.846 bits per heavy atom. The van der Waals surface area contributed by atoms with Crippen LogP contribution in [0.5, 0.6) is 0 Å². The molecule has 0 amide bonds. The van der Waals surface area contributed by atoms with Crippen molar-refractivity contribution in [1.29, 1.82) is 0 Å². The van der Waals surface area contributed by atoms with Crippen molar-refractivity contribution in [3.63, 3.8) is 0 Å². The predicted molar refractivity (Wildman–Crippen MR) is 112 cm³/mol. The number of benzene rings is 1. The van der Waals surface area contributed by atoms with E-state index in [9.17, 15) is 0 Å². The normalized spacial score (nSPS) is 32.6. The van der Waals surface area contributed by atoms with Crippen LogP contribution in [0.25, 0.3) is 0 Å². The van der Waals surface area contributed by atoms with Gasteiger partial charge >= 0.3 is 0 Å². The number of para-hydroxylation sites is 1. The van der Waals surface area contributed by atoms with E-state index in [2.05, 4.69) is 61.8 Å². The topological polar surface area (TPSA) is 6.48 Å². The van der Waals surface area contributed by atoms with Gasteiger partial charge in [0.2, 0.25) is 0 Å². The highest BCUT2D eigenvalue weighted by Gasteiger charge is 2.42. The van der Waals surface area contributed by atoms with Gasteiger partial charge in [0, 0.05) is 29.9 Å². The number of fused-ring (bicyclic) bond motifs is 2. The summed E-state index contributed by atoms with van der Waals surface area (Å²) in [6, 6.07) is 12.0. The van der Waals surface area contributed by atoms with Crippen LogP contribution >= 0.6 is 0 Å². The van der Waals surface area contributed by atoms with Gasteiger partial charge in [0.05, 0.1) is 0 Å². The van der Waals surface area contributed by atoms with Crippen LogP contribution in [0.1, 0.15) is 71.8 Å². The molecular weight excluding hydrogens is 316 g/mol. The minimum atomic E-state index is 0.590. The molecule has 2 heterocycles. The predicted octanol–water partition coefficient (Wildman–Crippen LogP) is 5.51. The molecule has 3 aliphatic rings. The van der Waals surface area contributed by atoms with Crippen molar-refractivity contribution in [2.24, 2.45) is 11.8 Å². The standard InChI is InChI=1S/C24H38N2/c1-17(2)25-15-7-9-20-11-12-21(16-24(20)25)23-14-13-19-8-5-6-10-22(19)26(23)18(3)4/h5-6,8,10,17-18,20-21,23-24H,7,9,11-16H2,1-4H3. The van der Waals surface area contributed by atoms with Crippen molar-refractivity contribution in [1.82, 2.24) is 4.90 Å². The molecule has 1 saturated carbocycles. The Kier molecular flexibility index (Phi) is 5.32. The quantitative estimate of drug-likeness (QED) is 0.706. The largest absolute Gasteiger partial charge is 0.366 e. The van der Waals surface area contributed by atoms with E-state index in [0.29, 0.717) is 12.1 Å². The molecule has 1 aromatic rings. The fourth-order valence-corrected chi connectivity index (χ4v) is 6.40. The molecule has 144 valence electrons. The number of likely N-dealkylation sites (tertiary alicyclic amines) is 1. The summed E-state index contributed by atoms with van der Waals surface area (Å²) in [4.78, 5) is 5.63. The zero-order valence-corrected chi connectivity index (χ0v) is 17.3. The molecular formula is C24H38N2. The molecule has 0 spiro atoms. The van der Waals surface area contributed by atoms with Crippen LogP contribution in [0.4, 0.5) is 5.69 Å². The molecule has 26 heavy (non-hydrogen) atoms. The molecule has 2 heteroatoms. The molecule has 1 saturated heterocycles. The van der Waals surface area contributed by atoms with E-state index in [0.717, 1.165) is 23.9 Å². The maximum atomic E-state index is 2.84. The molecule has 1 aliphatic carbocycles. The minimum absolute atomic E-state index is 0.590. The van der Waals surface area contributed by atoms with E-state index < -0.39 is 0 Å². The number of nitrogens with zero attached hydrogens (tertiary/aromatic N) is 2. The Balaban J connectivity index is 1.57. The van der Waals surface area contributed by atoms with Gasteiger partial charge in [-0.3, -0.25) is 4.90 Å². The monoisotopic (exact) mass is 354 g/mol. The number of hydrogen-bond acceptors (Lipinski definition) is 2. The van der Waals surface area contributed by atoms with Gasteiger partial charge in [-0.15, -0.1) is 0 Å². The van der Waals surface area contributed by atoms with Crippen LogP contribution in [0.3, 0.4) is 0 Å². The van der Waals surface area contributed by atoms with Crippen molar-refractivity contribution in [2.75, 3.05) is 11.4 Å². The molecule has 4 atom stereocenters. The van der Waals surface area contributed by atoms with E-state index in [4.69, 9.17) is 0 Å². The first-order valence-corrected chi connectivity index (χ1v) is 11.2. The molecule has 0 aromatic heterocycles. The fraction of sp³-hybridized carbons (Fsp3) is 0.750. The van der Waals surface area contributed by atoms with Crippen molar-refractivity contribution in [2.45, 2.75) is 96.8 Å². The highest BCUT2D eigenvalue weighted by Crippen LogP contribution is 2.44. The van der Waals surface area contributed by atoms with E-state index in [1.165, 1.54) is 57.2 Å². The molecule has 0 radical (unpaired) electrons. The van der Waals surface area contributed by atoms with E-state index >= 15 is 0 Å². The van der Waals surface area contributed by atoms with Crippen molar-refractivity contribution in [3.8, 4) is 0 Å². The lowest BCUT2D eigenvalue weighted by molar-refractivity contribution is 0.0131. The third-order valence-electron chi connectivity index (χ3n) is 7.51. The Morgan fingerprint density at radius 2 is 1.62 bits per heavy atom. The maximum absolute atomic E-state index is 2.84. The Morgan fingerprint density at radius 3 is 2.38 bits per heavy atom. The highest BCUT2D eigenvalue weighted by atomic mass is 15.2. The van der Waals surface area contributed by atoms with E-state index in [-0.39, 0.29) is 0 Å². The summed E-state index contributed by atoms with van der Waals surface area (Å²) in [5, 5.41) is 0. The average molecular weight is 355 g/mol. The lowest BCUT2D eigenvalue weighted by Crippen LogP contribution is -2.55. The van der Waals surface area contributed by atoms with Crippen LogP contribution < -0.4 is 4.90 Å². The third-order valence-corrected chi connectivity index (χ3v) is 7.51. The summed E-state index contributed by atoms with van der Waals surface area (Å²) in [5.74, 6) is 1.83. The summed E-state index contributed by atoms with van der Waals surface area (Å²) < 4.78 is 0. The molecule has 0 N–H and O–H groups in total. The van der Waals surface area contributed by atoms with Gasteiger partial charge in [0.1, 0.15) is 0 Å². The maximum Gasteiger partial charge on any atom is 0.0403 e. The van der Waals surface area contributed by atoms with E-state index in [1.54, 1.807) is 5.56 Å². The van der Waals surface area contributed by atoms with Gasteiger partial charge in [-0.25, -0.2) is 0 Å². The number of aryl methyl sites for hydroxylation is 1. The first-order valence-electron chi connectivity index (χ1n) is 11.2. The fourth-order valence-electron chi connectivity index (χ4n) is 6.40. The molecule has 2 aliphatic heterocycles. The van der Waals surface area contributed by atoms with Crippen LogP contribution in [-0.2, 0) is 6.42 Å². The van der Waals surface area contributed by atoms with Gasteiger partial charge in [-0.1, -0.05) is 18.2 Å². The number of piperidine rings is 1. The average Bonchev–Trinajstić information content (AvgIpc) is 2.65. The first kappa shape index (κ1) is 18.3. The second-order valence-electron chi connectivity index (χ2n) is 9.61. The van der Waals surface area contributed by atoms with Gasteiger partial charge < -0.3 is 4.90 Å². The summed E-state index contributed by atoms with van der Waals surface area (Å²) in [5.41, 5.74) is 3.08. The molecule has 2 nitrogen and oxygen atoms in total. The smallest absolute Gasteiger partial charge is 0.0403 e. The zero-order chi connectivity index (χ0) is 18.3. The zero-order valence-electron chi connectivity index (χ0n) is 17.3. The van der Waals surface area contributed by atoms with Crippen LogP contribution in [0.15, 0.2) is 24.3 Å². The number of rotatable bonds is 3. The first-order chi connectivity index (χ1) is 12.6. The highest BCUT2D eigenvalue weighted by molar-refractivity contribution is 5.57. The summed E-state index contributed by atoms with van der Waals surface area (Å²) in [7, 11) is 0. The van der Waals surface area contributed by atoms with Crippen LogP contribution in [0.2, 0.25) is 0 Å². The van der Waals surface area contributed by atoms with Gasteiger partial charge in [0.15, 0.2) is 0 Å². The van der Waals surface area contributed by atoms with Crippen LogP contribution in [-0.4, -0.2) is 35.6 Å². The summed E-state index contributed by atoms with van der Waals surface area (Å²) in [6.45, 7) is 10.9. The van der Waals surface area contributed by atoms with Gasteiger partial charge in [-0.05, 0) is 103 Å². The lowest BCUT2D eigenvalue weighted by atomic mass is 9.69. The van der Waals surface area contributed by atoms with Crippen LogP contribution in [0, 0.1) is 11.8 Å². The SMILES string of the molecule is CC(C)N1CCCC2CCC(C3CCc4ccccc4N3C(C)C)CC21. The minimum Gasteiger partial charge on any atom is -0.366 e. The Hall–Kier alpha value is -1.02. The molecule has 2 fully saturated rings. The number of hydrogen-bond donors (Lipinski definition) is 0. The summed E-state index contributed by atoms with van der Waals surface area (Å²) in [6.07, 6.45) is 9.84. The van der Waals surface area contributed by atoms with Crippen molar-refractivity contribution in [3.05, 3.63) is 29.8 Å². The van der Waals surface area contributed by atoms with E-state index in [1.807, 2.05) is 0 Å². The summed E-state index contributed by atoms with van der Waals surface area (Å²) >= 11 is 0. The third kappa shape index (κ3) is 3.30. The number of anilines is 1. The molecule has 0 bridgehead atoms. The van der Waals surface area contributed by atoms with Crippen molar-refractivity contribution < 1.29 is 0 Å². The second kappa shape index (κ2) is 7.54. The van der Waals surface area contributed by atoms with Gasteiger partial charge in [-0.2, -0.15) is 0 Å². The second-order valence-corrected chi connectivity index (χ2v) is 9.61. The molecule has 4 rings (SSSR count). The van der Waals surface area contributed by atoms with Gasteiger partial charge in [0.25, 0.3) is 0 Å². The Bertz CT molecular complexity index is 608. The lowest BCUT2D eigenvalue weighted by Gasteiger charge is -2.52. The Labute approximate surface area is 161 Å².